The average Bonchev–Trinajstić information content (AvgIpc) is 2.81. The lowest BCUT2D eigenvalue weighted by Crippen LogP contribution is -2.12. The van der Waals surface area contributed by atoms with Gasteiger partial charge >= 0.3 is 0 Å². The SMILES string of the molecule is Cn1cc2cc(NC(=O)c3cncnc3)cc(F)c2n1. The average molecular weight is 271 g/mol. The number of halogens is 1. The van der Waals surface area contributed by atoms with Crippen molar-refractivity contribution in [3.63, 3.8) is 0 Å². The van der Waals surface area contributed by atoms with Crippen molar-refractivity contribution in [1.29, 1.82) is 0 Å². The van der Waals surface area contributed by atoms with Crippen LogP contribution < -0.4 is 5.32 Å². The molecule has 0 atom stereocenters. The van der Waals surface area contributed by atoms with Crippen molar-refractivity contribution >= 4 is 22.5 Å². The molecule has 1 aromatic carbocycles. The van der Waals surface area contributed by atoms with Crippen LogP contribution >= 0.6 is 0 Å². The minimum absolute atomic E-state index is 0.272. The van der Waals surface area contributed by atoms with Gasteiger partial charge in [-0.1, -0.05) is 0 Å². The van der Waals surface area contributed by atoms with E-state index in [1.165, 1.54) is 29.5 Å². The van der Waals surface area contributed by atoms with Crippen LogP contribution in [-0.4, -0.2) is 25.7 Å². The Morgan fingerprint density at radius 2 is 2.05 bits per heavy atom. The predicted octanol–water partition coefficient (Wildman–Crippen LogP) is 1.75. The highest BCUT2D eigenvalue weighted by molar-refractivity contribution is 6.04. The molecule has 0 spiro atoms. The molecular formula is C13H10FN5O. The molecule has 0 fully saturated rings. The molecule has 100 valence electrons. The van der Waals surface area contributed by atoms with Gasteiger partial charge in [0.25, 0.3) is 5.91 Å². The van der Waals surface area contributed by atoms with Crippen LogP contribution in [-0.2, 0) is 7.05 Å². The smallest absolute Gasteiger partial charge is 0.258 e. The second-order valence-corrected chi connectivity index (χ2v) is 4.28. The van der Waals surface area contributed by atoms with Crippen LogP contribution in [0.25, 0.3) is 10.9 Å². The molecule has 0 aliphatic heterocycles. The van der Waals surface area contributed by atoms with Crippen LogP contribution in [0.3, 0.4) is 0 Å². The van der Waals surface area contributed by atoms with Crippen LogP contribution in [0.5, 0.6) is 0 Å². The number of anilines is 1. The lowest BCUT2D eigenvalue weighted by atomic mass is 10.2. The maximum atomic E-state index is 13.9. The van der Waals surface area contributed by atoms with E-state index in [9.17, 15) is 9.18 Å². The van der Waals surface area contributed by atoms with Gasteiger partial charge in [0, 0.05) is 36.7 Å². The van der Waals surface area contributed by atoms with E-state index in [1.807, 2.05) is 0 Å². The quantitative estimate of drug-likeness (QED) is 0.770. The number of aromatic nitrogens is 4. The summed E-state index contributed by atoms with van der Waals surface area (Å²) in [5.74, 6) is -0.879. The molecular weight excluding hydrogens is 261 g/mol. The van der Waals surface area contributed by atoms with Crippen molar-refractivity contribution in [3.05, 3.63) is 48.4 Å². The Morgan fingerprint density at radius 1 is 1.30 bits per heavy atom. The van der Waals surface area contributed by atoms with Crippen LogP contribution in [0, 0.1) is 5.82 Å². The molecule has 3 rings (SSSR count). The summed E-state index contributed by atoms with van der Waals surface area (Å²) in [4.78, 5) is 19.4. The van der Waals surface area contributed by atoms with Gasteiger partial charge in [0.1, 0.15) is 11.8 Å². The molecule has 1 amide bonds. The van der Waals surface area contributed by atoms with Gasteiger partial charge in [-0.15, -0.1) is 0 Å². The van der Waals surface area contributed by atoms with E-state index >= 15 is 0 Å². The first-order valence-corrected chi connectivity index (χ1v) is 5.83. The Bertz CT molecular complexity index is 784. The van der Waals surface area contributed by atoms with Gasteiger partial charge in [-0.05, 0) is 12.1 Å². The van der Waals surface area contributed by atoms with Crippen molar-refractivity contribution in [2.75, 3.05) is 5.32 Å². The van der Waals surface area contributed by atoms with Gasteiger partial charge in [0.2, 0.25) is 0 Å². The summed E-state index contributed by atoms with van der Waals surface area (Å²) < 4.78 is 15.4. The summed E-state index contributed by atoms with van der Waals surface area (Å²) in [6.45, 7) is 0. The third-order valence-electron chi connectivity index (χ3n) is 2.76. The fraction of sp³-hybridized carbons (Fsp3) is 0.0769. The molecule has 2 heterocycles. The molecule has 2 aromatic heterocycles. The number of benzene rings is 1. The maximum absolute atomic E-state index is 13.9. The summed E-state index contributed by atoms with van der Waals surface area (Å²) in [7, 11) is 1.71. The topological polar surface area (TPSA) is 72.7 Å². The third-order valence-corrected chi connectivity index (χ3v) is 2.76. The van der Waals surface area contributed by atoms with Crippen LogP contribution in [0.1, 0.15) is 10.4 Å². The molecule has 7 heteroatoms. The van der Waals surface area contributed by atoms with Gasteiger partial charge in [-0.2, -0.15) is 5.10 Å². The zero-order valence-electron chi connectivity index (χ0n) is 10.5. The van der Waals surface area contributed by atoms with E-state index in [4.69, 9.17) is 0 Å². The maximum Gasteiger partial charge on any atom is 0.258 e. The first kappa shape index (κ1) is 12.2. The van der Waals surface area contributed by atoms with Gasteiger partial charge in [-0.3, -0.25) is 9.48 Å². The van der Waals surface area contributed by atoms with Gasteiger partial charge < -0.3 is 5.32 Å². The van der Waals surface area contributed by atoms with Crippen molar-refractivity contribution in [3.8, 4) is 0 Å². The molecule has 0 aliphatic rings. The van der Waals surface area contributed by atoms with Crippen LogP contribution in [0.4, 0.5) is 10.1 Å². The standard InChI is InChI=1S/C13H10FN5O/c1-19-6-8-2-10(3-11(14)12(8)18-19)17-13(20)9-4-15-7-16-5-9/h2-7H,1H3,(H,17,20). The lowest BCUT2D eigenvalue weighted by Gasteiger charge is -2.05. The van der Waals surface area contributed by atoms with E-state index in [2.05, 4.69) is 20.4 Å². The molecule has 1 N–H and O–H groups in total. The first-order chi connectivity index (χ1) is 9.63. The fourth-order valence-electron chi connectivity index (χ4n) is 1.90. The normalized spacial score (nSPS) is 10.7. The largest absolute Gasteiger partial charge is 0.322 e. The zero-order valence-corrected chi connectivity index (χ0v) is 10.5. The van der Waals surface area contributed by atoms with E-state index in [0.29, 0.717) is 16.6 Å². The Balaban J connectivity index is 1.93. The minimum Gasteiger partial charge on any atom is -0.322 e. The summed E-state index contributed by atoms with van der Waals surface area (Å²) in [5.41, 5.74) is 0.935. The third kappa shape index (κ3) is 2.20. The second kappa shape index (κ2) is 4.69. The number of fused-ring (bicyclic) bond motifs is 1. The molecule has 0 aliphatic carbocycles. The van der Waals surface area contributed by atoms with Gasteiger partial charge in [0.15, 0.2) is 5.82 Å². The molecule has 0 radical (unpaired) electrons. The molecule has 3 aromatic rings. The summed E-state index contributed by atoms with van der Waals surface area (Å²) in [6, 6.07) is 2.89. The summed E-state index contributed by atoms with van der Waals surface area (Å²) in [5, 5.41) is 7.22. The number of aryl methyl sites for hydroxylation is 1. The highest BCUT2D eigenvalue weighted by atomic mass is 19.1. The molecule has 0 bridgehead atoms. The van der Waals surface area contributed by atoms with Crippen molar-refractivity contribution in [2.24, 2.45) is 7.05 Å². The van der Waals surface area contributed by atoms with Crippen molar-refractivity contribution in [1.82, 2.24) is 19.7 Å². The Kier molecular flexibility index (Phi) is 2.86. The van der Waals surface area contributed by atoms with E-state index in [0.717, 1.165) is 0 Å². The number of carbonyl (C=O) groups is 1. The Morgan fingerprint density at radius 3 is 2.80 bits per heavy atom. The van der Waals surface area contributed by atoms with E-state index in [1.54, 1.807) is 19.3 Å². The molecule has 20 heavy (non-hydrogen) atoms. The summed E-state index contributed by atoms with van der Waals surface area (Å²) in [6.07, 6.45) is 5.79. The number of nitrogens with one attached hydrogen (secondary N) is 1. The highest BCUT2D eigenvalue weighted by Crippen LogP contribution is 2.21. The lowest BCUT2D eigenvalue weighted by molar-refractivity contribution is 0.102. The van der Waals surface area contributed by atoms with Gasteiger partial charge in [-0.25, -0.2) is 14.4 Å². The van der Waals surface area contributed by atoms with Gasteiger partial charge in [0.05, 0.1) is 5.56 Å². The monoisotopic (exact) mass is 271 g/mol. The number of rotatable bonds is 2. The number of hydrogen-bond acceptors (Lipinski definition) is 4. The minimum atomic E-state index is -0.484. The molecule has 0 saturated carbocycles. The summed E-state index contributed by atoms with van der Waals surface area (Å²) >= 11 is 0. The Hall–Kier alpha value is -2.83. The highest BCUT2D eigenvalue weighted by Gasteiger charge is 2.11. The zero-order chi connectivity index (χ0) is 14.1. The number of hydrogen-bond donors (Lipinski definition) is 1. The van der Waals surface area contributed by atoms with Crippen LogP contribution in [0.15, 0.2) is 37.1 Å². The predicted molar refractivity (Wildman–Crippen MR) is 70.7 cm³/mol. The first-order valence-electron chi connectivity index (χ1n) is 5.83. The molecule has 0 saturated heterocycles. The van der Waals surface area contributed by atoms with Crippen LogP contribution in [0.2, 0.25) is 0 Å². The fourth-order valence-corrected chi connectivity index (χ4v) is 1.90. The second-order valence-electron chi connectivity index (χ2n) is 4.28. The van der Waals surface area contributed by atoms with Crippen molar-refractivity contribution in [2.45, 2.75) is 0 Å². The number of nitrogens with zero attached hydrogens (tertiary/aromatic N) is 4. The number of amides is 1. The molecule has 0 unspecified atom stereocenters. The number of carbonyl (C=O) groups excluding carboxylic acids is 1. The van der Waals surface area contributed by atoms with Crippen molar-refractivity contribution < 1.29 is 9.18 Å². The van der Waals surface area contributed by atoms with E-state index < -0.39 is 11.7 Å². The molecule has 6 nitrogen and oxygen atoms in total. The Labute approximate surface area is 113 Å². The van der Waals surface area contributed by atoms with E-state index in [-0.39, 0.29) is 5.52 Å².